The maximum absolute atomic E-state index is 9.84. The van der Waals surface area contributed by atoms with Gasteiger partial charge in [-0.2, -0.15) is 0 Å². The van der Waals surface area contributed by atoms with Gasteiger partial charge in [0, 0.05) is 0 Å². The Balaban J connectivity index is 2.43. The molecule has 0 aromatic carbocycles. The topological polar surface area (TPSA) is 20.2 Å². The van der Waals surface area contributed by atoms with E-state index in [1.165, 1.54) is 32.1 Å². The molecule has 0 heterocycles. The van der Waals surface area contributed by atoms with Crippen LogP contribution in [0.15, 0.2) is 0 Å². The standard InChI is InChI=1S/C11H22O/c1-9(2)10-7-5-3-4-6-8-11(10)12/h9-12H,3-8H2,1-2H3. The van der Waals surface area contributed by atoms with Crippen LogP contribution in [0, 0.1) is 11.8 Å². The van der Waals surface area contributed by atoms with E-state index in [2.05, 4.69) is 13.8 Å². The van der Waals surface area contributed by atoms with Crippen molar-refractivity contribution in [3.63, 3.8) is 0 Å². The lowest BCUT2D eigenvalue weighted by molar-refractivity contribution is 0.0592. The van der Waals surface area contributed by atoms with Crippen molar-refractivity contribution in [1.82, 2.24) is 0 Å². The summed E-state index contributed by atoms with van der Waals surface area (Å²) in [6.45, 7) is 4.46. The van der Waals surface area contributed by atoms with Crippen LogP contribution in [0.1, 0.15) is 52.4 Å². The van der Waals surface area contributed by atoms with Gasteiger partial charge in [-0.05, 0) is 24.7 Å². The normalized spacial score (nSPS) is 33.0. The highest BCUT2D eigenvalue weighted by atomic mass is 16.3. The van der Waals surface area contributed by atoms with E-state index in [1.54, 1.807) is 0 Å². The monoisotopic (exact) mass is 170 g/mol. The van der Waals surface area contributed by atoms with Crippen LogP contribution in [-0.4, -0.2) is 11.2 Å². The molecule has 2 atom stereocenters. The third-order valence-corrected chi connectivity index (χ3v) is 3.14. The molecule has 0 spiro atoms. The van der Waals surface area contributed by atoms with Crippen LogP contribution in [0.3, 0.4) is 0 Å². The van der Waals surface area contributed by atoms with E-state index in [0.717, 1.165) is 6.42 Å². The van der Waals surface area contributed by atoms with E-state index >= 15 is 0 Å². The minimum absolute atomic E-state index is 0.0229. The molecule has 2 unspecified atom stereocenters. The molecular formula is C11H22O. The molecular weight excluding hydrogens is 148 g/mol. The highest BCUT2D eigenvalue weighted by molar-refractivity contribution is 4.74. The first-order valence-electron chi connectivity index (χ1n) is 5.40. The van der Waals surface area contributed by atoms with Gasteiger partial charge < -0.3 is 5.11 Å². The van der Waals surface area contributed by atoms with Crippen LogP contribution in [-0.2, 0) is 0 Å². The Labute approximate surface area is 76.2 Å². The first-order chi connectivity index (χ1) is 5.72. The van der Waals surface area contributed by atoms with Gasteiger partial charge in [0.15, 0.2) is 0 Å². The Bertz CT molecular complexity index is 120. The van der Waals surface area contributed by atoms with Gasteiger partial charge in [0.1, 0.15) is 0 Å². The first kappa shape index (κ1) is 10.0. The van der Waals surface area contributed by atoms with Crippen LogP contribution >= 0.6 is 0 Å². The van der Waals surface area contributed by atoms with Crippen molar-refractivity contribution in [2.75, 3.05) is 0 Å². The fourth-order valence-electron chi connectivity index (χ4n) is 2.27. The summed E-state index contributed by atoms with van der Waals surface area (Å²) in [7, 11) is 0. The van der Waals surface area contributed by atoms with Crippen LogP contribution in [0.5, 0.6) is 0 Å². The smallest absolute Gasteiger partial charge is 0.0570 e. The van der Waals surface area contributed by atoms with Crippen LogP contribution in [0.2, 0.25) is 0 Å². The fourth-order valence-corrected chi connectivity index (χ4v) is 2.27. The molecule has 1 nitrogen and oxygen atoms in total. The molecule has 1 aliphatic rings. The van der Waals surface area contributed by atoms with E-state index in [9.17, 15) is 5.11 Å². The first-order valence-corrected chi connectivity index (χ1v) is 5.40. The molecule has 1 heteroatoms. The van der Waals surface area contributed by atoms with Crippen LogP contribution < -0.4 is 0 Å². The van der Waals surface area contributed by atoms with Gasteiger partial charge in [-0.1, -0.05) is 39.5 Å². The molecule has 1 aliphatic carbocycles. The molecule has 1 rings (SSSR count). The summed E-state index contributed by atoms with van der Waals surface area (Å²) in [6.07, 6.45) is 7.48. The zero-order valence-corrected chi connectivity index (χ0v) is 8.42. The van der Waals surface area contributed by atoms with Gasteiger partial charge in [-0.3, -0.25) is 0 Å². The van der Waals surface area contributed by atoms with E-state index in [1.807, 2.05) is 0 Å². The summed E-state index contributed by atoms with van der Waals surface area (Å²) < 4.78 is 0. The number of rotatable bonds is 1. The molecule has 0 amide bonds. The fraction of sp³-hybridized carbons (Fsp3) is 1.00. The lowest BCUT2D eigenvalue weighted by atomic mass is 9.81. The van der Waals surface area contributed by atoms with Crippen molar-refractivity contribution >= 4 is 0 Å². The van der Waals surface area contributed by atoms with Crippen molar-refractivity contribution in [2.24, 2.45) is 11.8 Å². The second kappa shape index (κ2) is 4.86. The highest BCUT2D eigenvalue weighted by Crippen LogP contribution is 2.28. The van der Waals surface area contributed by atoms with E-state index in [0.29, 0.717) is 11.8 Å². The maximum Gasteiger partial charge on any atom is 0.0570 e. The summed E-state index contributed by atoms with van der Waals surface area (Å²) in [5.74, 6) is 1.21. The molecule has 1 N–H and O–H groups in total. The molecule has 72 valence electrons. The predicted octanol–water partition coefficient (Wildman–Crippen LogP) is 2.97. The van der Waals surface area contributed by atoms with E-state index in [-0.39, 0.29) is 6.10 Å². The molecule has 0 aromatic heterocycles. The van der Waals surface area contributed by atoms with Crippen molar-refractivity contribution in [3.8, 4) is 0 Å². The quantitative estimate of drug-likeness (QED) is 0.641. The van der Waals surface area contributed by atoms with Gasteiger partial charge in [0.25, 0.3) is 0 Å². The second-order valence-corrected chi connectivity index (χ2v) is 4.47. The molecule has 0 radical (unpaired) electrons. The SMILES string of the molecule is CC(C)C1CCCCCCC1O. The van der Waals surface area contributed by atoms with Gasteiger partial charge in [0.2, 0.25) is 0 Å². The zero-order chi connectivity index (χ0) is 8.97. The highest BCUT2D eigenvalue weighted by Gasteiger charge is 2.22. The largest absolute Gasteiger partial charge is 0.393 e. The Kier molecular flexibility index (Phi) is 4.07. The molecule has 0 aromatic rings. The molecule has 0 saturated heterocycles. The second-order valence-electron chi connectivity index (χ2n) is 4.47. The average Bonchev–Trinajstić information content (AvgIpc) is 1.96. The molecule has 1 saturated carbocycles. The lowest BCUT2D eigenvalue weighted by Gasteiger charge is -2.28. The number of hydrogen-bond donors (Lipinski definition) is 1. The lowest BCUT2D eigenvalue weighted by Crippen LogP contribution is -2.26. The Hall–Kier alpha value is -0.0400. The Morgan fingerprint density at radius 1 is 1.00 bits per heavy atom. The van der Waals surface area contributed by atoms with Crippen molar-refractivity contribution in [3.05, 3.63) is 0 Å². The van der Waals surface area contributed by atoms with Crippen molar-refractivity contribution in [1.29, 1.82) is 0 Å². The Morgan fingerprint density at radius 3 is 2.17 bits per heavy atom. The Morgan fingerprint density at radius 2 is 1.58 bits per heavy atom. The predicted molar refractivity (Wildman–Crippen MR) is 52.0 cm³/mol. The van der Waals surface area contributed by atoms with Crippen molar-refractivity contribution < 1.29 is 5.11 Å². The van der Waals surface area contributed by atoms with Gasteiger partial charge >= 0.3 is 0 Å². The summed E-state index contributed by atoms with van der Waals surface area (Å²) >= 11 is 0. The minimum Gasteiger partial charge on any atom is -0.393 e. The summed E-state index contributed by atoms with van der Waals surface area (Å²) in [6, 6.07) is 0. The van der Waals surface area contributed by atoms with Gasteiger partial charge in [-0.25, -0.2) is 0 Å². The molecule has 1 fully saturated rings. The van der Waals surface area contributed by atoms with Gasteiger partial charge in [0.05, 0.1) is 6.10 Å². The third-order valence-electron chi connectivity index (χ3n) is 3.14. The molecule has 0 aliphatic heterocycles. The van der Waals surface area contributed by atoms with E-state index in [4.69, 9.17) is 0 Å². The summed E-state index contributed by atoms with van der Waals surface area (Å²) in [5, 5.41) is 9.84. The van der Waals surface area contributed by atoms with Gasteiger partial charge in [-0.15, -0.1) is 0 Å². The zero-order valence-electron chi connectivity index (χ0n) is 8.42. The number of aliphatic hydroxyl groups excluding tert-OH is 1. The average molecular weight is 170 g/mol. The maximum atomic E-state index is 9.84. The van der Waals surface area contributed by atoms with Crippen LogP contribution in [0.4, 0.5) is 0 Å². The van der Waals surface area contributed by atoms with E-state index < -0.39 is 0 Å². The van der Waals surface area contributed by atoms with Crippen LogP contribution in [0.25, 0.3) is 0 Å². The minimum atomic E-state index is -0.0229. The summed E-state index contributed by atoms with van der Waals surface area (Å²) in [5.41, 5.74) is 0. The molecule has 12 heavy (non-hydrogen) atoms. The van der Waals surface area contributed by atoms with Crippen molar-refractivity contribution in [2.45, 2.75) is 58.5 Å². The number of hydrogen-bond acceptors (Lipinski definition) is 1. The number of aliphatic hydroxyl groups is 1. The summed E-state index contributed by atoms with van der Waals surface area (Å²) in [4.78, 5) is 0. The third kappa shape index (κ3) is 2.78. The molecule has 0 bridgehead atoms.